The van der Waals surface area contributed by atoms with Crippen LogP contribution in [0.15, 0.2) is 4.79 Å². The molecule has 5 nitrogen and oxygen atoms in total. The monoisotopic (exact) mass is 336 g/mol. The minimum atomic E-state index is -0.293. The summed E-state index contributed by atoms with van der Waals surface area (Å²) >= 11 is 1.77. The molecule has 88 valence electrons. The molecule has 1 aromatic rings. The highest BCUT2D eigenvalue weighted by Crippen LogP contribution is 2.17. The lowest BCUT2D eigenvalue weighted by Gasteiger charge is -2.21. The lowest BCUT2D eigenvalue weighted by Crippen LogP contribution is -2.24. The summed E-state index contributed by atoms with van der Waals surface area (Å²) in [4.78, 5) is 18.0. The minimum absolute atomic E-state index is 0.108. The third-order valence-electron chi connectivity index (χ3n) is 2.59. The molecule has 2 rings (SSSR count). The molecule has 1 aliphatic rings. The first-order chi connectivity index (χ1) is 7.66. The van der Waals surface area contributed by atoms with Gasteiger partial charge in [-0.25, -0.2) is 0 Å². The topological polar surface area (TPSA) is 75.2 Å². The molecule has 2 heterocycles. The van der Waals surface area contributed by atoms with Crippen LogP contribution in [0.5, 0.6) is 5.88 Å². The number of hydrogen-bond acceptors (Lipinski definition) is 4. The summed E-state index contributed by atoms with van der Waals surface area (Å²) in [5.74, 6) is 0.296. The van der Waals surface area contributed by atoms with E-state index in [-0.39, 0.29) is 21.1 Å². The Morgan fingerprint density at radius 1 is 1.56 bits per heavy atom. The zero-order valence-electron chi connectivity index (χ0n) is 8.70. The van der Waals surface area contributed by atoms with Crippen LogP contribution in [0, 0.1) is 3.57 Å². The average molecular weight is 336 g/mol. The van der Waals surface area contributed by atoms with E-state index in [0.717, 1.165) is 25.9 Å². The highest BCUT2D eigenvalue weighted by molar-refractivity contribution is 14.1. The van der Waals surface area contributed by atoms with Crippen LogP contribution >= 0.6 is 22.6 Å². The van der Waals surface area contributed by atoms with E-state index in [4.69, 9.17) is 4.74 Å². The molecule has 0 radical (unpaired) electrons. The Bertz CT molecular complexity index is 427. The van der Waals surface area contributed by atoms with Crippen LogP contribution in [0.2, 0.25) is 0 Å². The molecule has 0 aromatic carbocycles. The van der Waals surface area contributed by atoms with Crippen LogP contribution in [0.3, 0.4) is 0 Å². The number of hydrogen-bond donors (Lipinski definition) is 2. The Morgan fingerprint density at radius 2 is 2.38 bits per heavy atom. The van der Waals surface area contributed by atoms with Crippen LogP contribution in [0.4, 0.5) is 0 Å². The number of aromatic hydroxyl groups is 1. The van der Waals surface area contributed by atoms with Gasteiger partial charge >= 0.3 is 0 Å². The fourth-order valence-electron chi connectivity index (χ4n) is 1.77. The summed E-state index contributed by atoms with van der Waals surface area (Å²) in [5, 5.41) is 9.43. The molecular weight excluding hydrogens is 323 g/mol. The van der Waals surface area contributed by atoms with Crippen molar-refractivity contribution in [2.75, 3.05) is 6.61 Å². The Balaban J connectivity index is 2.12. The minimum Gasteiger partial charge on any atom is -0.492 e. The second kappa shape index (κ2) is 5.13. The van der Waals surface area contributed by atoms with Gasteiger partial charge in [0.25, 0.3) is 5.56 Å². The molecular formula is C10H13IN2O3. The van der Waals surface area contributed by atoms with Gasteiger partial charge in [0.1, 0.15) is 9.39 Å². The van der Waals surface area contributed by atoms with E-state index in [1.165, 1.54) is 0 Å². The fourth-order valence-corrected chi connectivity index (χ4v) is 2.03. The van der Waals surface area contributed by atoms with E-state index in [1.54, 1.807) is 22.6 Å². The van der Waals surface area contributed by atoms with Gasteiger partial charge in [-0.15, -0.1) is 0 Å². The van der Waals surface area contributed by atoms with Crippen molar-refractivity contribution >= 4 is 22.6 Å². The maximum atomic E-state index is 11.4. The molecule has 1 fully saturated rings. The number of nitrogens with zero attached hydrogens (tertiary/aromatic N) is 1. The molecule has 6 heteroatoms. The number of aromatic nitrogens is 2. The average Bonchev–Trinajstić information content (AvgIpc) is 2.27. The number of aromatic amines is 1. The quantitative estimate of drug-likeness (QED) is 0.796. The van der Waals surface area contributed by atoms with Crippen molar-refractivity contribution < 1.29 is 9.84 Å². The number of nitrogens with one attached hydrogen (secondary N) is 1. The molecule has 1 aliphatic heterocycles. The zero-order chi connectivity index (χ0) is 11.5. The van der Waals surface area contributed by atoms with Gasteiger partial charge in [0.15, 0.2) is 0 Å². The molecule has 2 N–H and O–H groups in total. The van der Waals surface area contributed by atoms with Crippen LogP contribution in [-0.2, 0) is 11.2 Å². The maximum absolute atomic E-state index is 11.4. The van der Waals surface area contributed by atoms with E-state index in [1.807, 2.05) is 0 Å². The number of ether oxygens (including phenoxy) is 1. The maximum Gasteiger partial charge on any atom is 0.268 e. The molecule has 1 atom stereocenters. The summed E-state index contributed by atoms with van der Waals surface area (Å²) in [5.41, 5.74) is -0.293. The second-order valence-corrected chi connectivity index (χ2v) is 4.92. The van der Waals surface area contributed by atoms with Gasteiger partial charge in [-0.3, -0.25) is 4.79 Å². The van der Waals surface area contributed by atoms with Gasteiger partial charge in [-0.05, 0) is 41.9 Å². The smallest absolute Gasteiger partial charge is 0.268 e. The third kappa shape index (κ3) is 2.73. The van der Waals surface area contributed by atoms with Crippen molar-refractivity contribution in [3.8, 4) is 5.88 Å². The SMILES string of the molecule is O=c1[nH]c(CC2CCCCO2)nc(O)c1I. The molecule has 0 spiro atoms. The van der Waals surface area contributed by atoms with Crippen molar-refractivity contribution in [2.45, 2.75) is 31.8 Å². The summed E-state index contributed by atoms with van der Waals surface area (Å²) in [6.07, 6.45) is 3.89. The lowest BCUT2D eigenvalue weighted by atomic mass is 10.1. The Morgan fingerprint density at radius 3 is 3.00 bits per heavy atom. The van der Waals surface area contributed by atoms with Gasteiger partial charge in [-0.1, -0.05) is 0 Å². The van der Waals surface area contributed by atoms with Gasteiger partial charge < -0.3 is 14.8 Å². The summed E-state index contributed by atoms with van der Waals surface area (Å²) in [6.45, 7) is 0.769. The molecule has 0 aliphatic carbocycles. The standard InChI is InChI=1S/C10H13IN2O3/c11-8-9(14)12-7(13-10(8)15)5-6-3-1-2-4-16-6/h6H,1-5H2,(H2,12,13,14,15). The second-order valence-electron chi connectivity index (χ2n) is 3.84. The Labute approximate surface area is 106 Å². The van der Waals surface area contributed by atoms with Gasteiger partial charge in [0.05, 0.1) is 6.10 Å². The van der Waals surface area contributed by atoms with Crippen LogP contribution in [0.25, 0.3) is 0 Å². The summed E-state index contributed by atoms with van der Waals surface area (Å²) in [7, 11) is 0. The van der Waals surface area contributed by atoms with Crippen LogP contribution in [-0.4, -0.2) is 27.8 Å². The first-order valence-electron chi connectivity index (χ1n) is 5.26. The Kier molecular flexibility index (Phi) is 3.80. The summed E-state index contributed by atoms with van der Waals surface area (Å²) < 4.78 is 5.77. The van der Waals surface area contributed by atoms with Crippen molar-refractivity contribution in [1.29, 1.82) is 0 Å². The van der Waals surface area contributed by atoms with Crippen LogP contribution in [0.1, 0.15) is 25.1 Å². The largest absolute Gasteiger partial charge is 0.492 e. The van der Waals surface area contributed by atoms with Gasteiger partial charge in [0, 0.05) is 13.0 Å². The zero-order valence-corrected chi connectivity index (χ0v) is 10.9. The lowest BCUT2D eigenvalue weighted by molar-refractivity contribution is 0.0155. The van der Waals surface area contributed by atoms with E-state index in [9.17, 15) is 9.90 Å². The highest BCUT2D eigenvalue weighted by atomic mass is 127. The van der Waals surface area contributed by atoms with E-state index < -0.39 is 0 Å². The molecule has 0 amide bonds. The molecule has 0 bridgehead atoms. The first kappa shape index (κ1) is 11.8. The van der Waals surface area contributed by atoms with Crippen molar-refractivity contribution in [3.05, 3.63) is 19.7 Å². The number of H-pyrrole nitrogens is 1. The predicted molar refractivity (Wildman–Crippen MR) is 66.5 cm³/mol. The van der Waals surface area contributed by atoms with Crippen molar-refractivity contribution in [1.82, 2.24) is 9.97 Å². The molecule has 16 heavy (non-hydrogen) atoms. The van der Waals surface area contributed by atoms with E-state index in [0.29, 0.717) is 12.2 Å². The van der Waals surface area contributed by atoms with E-state index >= 15 is 0 Å². The molecule has 1 unspecified atom stereocenters. The molecule has 1 aromatic heterocycles. The van der Waals surface area contributed by atoms with Gasteiger partial charge in [0.2, 0.25) is 5.88 Å². The van der Waals surface area contributed by atoms with Crippen LogP contribution < -0.4 is 5.56 Å². The number of halogens is 1. The van der Waals surface area contributed by atoms with E-state index in [2.05, 4.69) is 9.97 Å². The normalized spacial score (nSPS) is 20.9. The summed E-state index contributed by atoms with van der Waals surface area (Å²) in [6, 6.07) is 0. The molecule has 0 saturated carbocycles. The Hall–Kier alpha value is -0.630. The van der Waals surface area contributed by atoms with Crippen molar-refractivity contribution in [3.63, 3.8) is 0 Å². The van der Waals surface area contributed by atoms with Gasteiger partial charge in [-0.2, -0.15) is 4.98 Å². The molecule has 1 saturated heterocycles. The highest BCUT2D eigenvalue weighted by Gasteiger charge is 2.17. The predicted octanol–water partition coefficient (Wildman–Crippen LogP) is 1.19. The third-order valence-corrected chi connectivity index (χ3v) is 3.56. The first-order valence-corrected chi connectivity index (χ1v) is 6.34. The number of rotatable bonds is 2. The fraction of sp³-hybridized carbons (Fsp3) is 0.600. The van der Waals surface area contributed by atoms with Crippen molar-refractivity contribution in [2.24, 2.45) is 0 Å².